The van der Waals surface area contributed by atoms with E-state index in [0.29, 0.717) is 12.0 Å². The molecule has 132 valence electrons. The number of hydrogen-bond acceptors (Lipinski definition) is 4. The van der Waals surface area contributed by atoms with Crippen LogP contribution in [0.4, 0.5) is 0 Å². The van der Waals surface area contributed by atoms with E-state index in [0.717, 1.165) is 32.1 Å². The number of Topliss-reactive ketones (excluding diaryl/α,β-unsaturated/α-hetero) is 1. The molecule has 0 aromatic carbocycles. The minimum absolute atomic E-state index is 0.0352. The Labute approximate surface area is 144 Å². The Bertz CT molecular complexity index is 590. The number of rotatable bonds is 0. The Morgan fingerprint density at radius 2 is 2.08 bits per heavy atom. The van der Waals surface area contributed by atoms with E-state index in [2.05, 4.69) is 26.5 Å². The lowest BCUT2D eigenvalue weighted by molar-refractivity contribution is -0.148. The first kappa shape index (κ1) is 17.4. The van der Waals surface area contributed by atoms with Crippen LogP contribution in [0.1, 0.15) is 59.3 Å². The van der Waals surface area contributed by atoms with Crippen LogP contribution in [0.5, 0.6) is 0 Å². The molecule has 1 unspecified atom stereocenters. The summed E-state index contributed by atoms with van der Waals surface area (Å²) in [6, 6.07) is 0. The minimum atomic E-state index is -0.673. The Morgan fingerprint density at radius 1 is 1.33 bits per heavy atom. The standard InChI is InChI=1S/C20H28O4/c1-12-7-5-9-13(2)17(21)18-15(14(3)19(22)23-18)11-16-20(4,24-16)10-6-8-12/h8,13,15-16,18H,3,5-7,9-11H2,1-2,4H3/b12-8+/t13-,15-,16+,18?,20+/m0/s1. The lowest BCUT2D eigenvalue weighted by Crippen LogP contribution is -2.33. The summed E-state index contributed by atoms with van der Waals surface area (Å²) in [6.45, 7) is 10.1. The fourth-order valence-corrected chi connectivity index (χ4v) is 3.99. The summed E-state index contributed by atoms with van der Waals surface area (Å²) in [5, 5.41) is 0. The monoisotopic (exact) mass is 332 g/mol. The van der Waals surface area contributed by atoms with Crippen molar-refractivity contribution >= 4 is 11.8 Å². The van der Waals surface area contributed by atoms with Gasteiger partial charge in [0, 0.05) is 17.4 Å². The maximum atomic E-state index is 12.8. The second kappa shape index (κ2) is 6.47. The summed E-state index contributed by atoms with van der Waals surface area (Å²) in [4.78, 5) is 24.8. The molecule has 3 rings (SSSR count). The second-order valence-electron chi connectivity index (χ2n) is 7.90. The molecule has 0 spiro atoms. The molecule has 4 nitrogen and oxygen atoms in total. The molecule has 1 aliphatic carbocycles. The number of hydrogen-bond donors (Lipinski definition) is 0. The van der Waals surface area contributed by atoms with Crippen molar-refractivity contribution < 1.29 is 19.1 Å². The SMILES string of the molecule is C=C1C(=O)OC2C(=O)[C@@H](C)CCC/C(C)=C/CC[C@@]3(C)O[C@@H]3C[C@@H]12. The molecule has 0 amide bonds. The number of fused-ring (bicyclic) bond motifs is 2. The van der Waals surface area contributed by atoms with Gasteiger partial charge in [-0.25, -0.2) is 4.79 Å². The molecule has 2 aliphatic heterocycles. The van der Waals surface area contributed by atoms with E-state index < -0.39 is 12.1 Å². The van der Waals surface area contributed by atoms with E-state index in [9.17, 15) is 9.59 Å². The quantitative estimate of drug-likeness (QED) is 0.293. The van der Waals surface area contributed by atoms with Gasteiger partial charge in [0.15, 0.2) is 11.9 Å². The molecule has 2 fully saturated rings. The number of carbonyl (C=O) groups excluding carboxylic acids is 2. The first-order valence-electron chi connectivity index (χ1n) is 9.09. The summed E-state index contributed by atoms with van der Waals surface area (Å²) in [7, 11) is 0. The van der Waals surface area contributed by atoms with Gasteiger partial charge >= 0.3 is 5.97 Å². The van der Waals surface area contributed by atoms with Crippen LogP contribution in [0.15, 0.2) is 23.8 Å². The summed E-state index contributed by atoms with van der Waals surface area (Å²) < 4.78 is 11.3. The van der Waals surface area contributed by atoms with Crippen LogP contribution < -0.4 is 0 Å². The number of ketones is 1. The summed E-state index contributed by atoms with van der Waals surface area (Å²) in [5.41, 5.74) is 1.67. The highest BCUT2D eigenvalue weighted by atomic mass is 16.6. The van der Waals surface area contributed by atoms with Crippen LogP contribution in [-0.2, 0) is 19.1 Å². The van der Waals surface area contributed by atoms with E-state index in [-0.39, 0.29) is 29.3 Å². The van der Waals surface area contributed by atoms with Crippen molar-refractivity contribution in [1.29, 1.82) is 0 Å². The third-order valence-corrected chi connectivity index (χ3v) is 5.92. The van der Waals surface area contributed by atoms with E-state index in [1.54, 1.807) is 0 Å². The van der Waals surface area contributed by atoms with Gasteiger partial charge in [0.25, 0.3) is 0 Å². The van der Waals surface area contributed by atoms with Crippen molar-refractivity contribution in [2.75, 3.05) is 0 Å². The van der Waals surface area contributed by atoms with Crippen LogP contribution in [-0.4, -0.2) is 29.6 Å². The number of carbonyl (C=O) groups is 2. The third kappa shape index (κ3) is 3.34. The number of esters is 1. The zero-order valence-corrected chi connectivity index (χ0v) is 15.0. The summed E-state index contributed by atoms with van der Waals surface area (Å²) >= 11 is 0. The molecule has 0 saturated carbocycles. The van der Waals surface area contributed by atoms with Crippen molar-refractivity contribution in [3.8, 4) is 0 Å². The Balaban J connectivity index is 1.81. The highest BCUT2D eigenvalue weighted by molar-refractivity contribution is 5.98. The average molecular weight is 332 g/mol. The van der Waals surface area contributed by atoms with Crippen LogP contribution in [0.3, 0.4) is 0 Å². The average Bonchev–Trinajstić information content (AvgIpc) is 3.08. The first-order valence-corrected chi connectivity index (χ1v) is 9.09. The molecule has 2 heterocycles. The highest BCUT2D eigenvalue weighted by Gasteiger charge is 2.55. The fourth-order valence-electron chi connectivity index (χ4n) is 3.99. The molecule has 2 saturated heterocycles. The van der Waals surface area contributed by atoms with Crippen LogP contribution in [0.25, 0.3) is 0 Å². The van der Waals surface area contributed by atoms with Gasteiger partial charge in [0.05, 0.1) is 11.7 Å². The van der Waals surface area contributed by atoms with E-state index >= 15 is 0 Å². The van der Waals surface area contributed by atoms with Crippen molar-refractivity contribution in [2.24, 2.45) is 11.8 Å². The fraction of sp³-hybridized carbons (Fsp3) is 0.700. The molecule has 5 atom stereocenters. The van der Waals surface area contributed by atoms with Crippen LogP contribution in [0.2, 0.25) is 0 Å². The van der Waals surface area contributed by atoms with Crippen molar-refractivity contribution in [3.05, 3.63) is 23.8 Å². The molecule has 0 N–H and O–H groups in total. The Kier molecular flexibility index (Phi) is 4.69. The molecule has 4 heteroatoms. The van der Waals surface area contributed by atoms with Gasteiger partial charge in [-0.15, -0.1) is 0 Å². The van der Waals surface area contributed by atoms with Gasteiger partial charge in [-0.1, -0.05) is 25.2 Å². The van der Waals surface area contributed by atoms with Gasteiger partial charge < -0.3 is 9.47 Å². The Hall–Kier alpha value is -1.42. The maximum absolute atomic E-state index is 12.8. The van der Waals surface area contributed by atoms with Crippen molar-refractivity contribution in [2.45, 2.75) is 77.1 Å². The molecule has 0 aromatic rings. The van der Waals surface area contributed by atoms with Gasteiger partial charge in [-0.05, 0) is 52.4 Å². The van der Waals surface area contributed by atoms with Gasteiger partial charge in [0.1, 0.15) is 0 Å². The molecule has 0 aromatic heterocycles. The highest BCUT2D eigenvalue weighted by Crippen LogP contribution is 2.47. The molecular weight excluding hydrogens is 304 g/mol. The summed E-state index contributed by atoms with van der Waals surface area (Å²) in [5.74, 6) is -0.722. The maximum Gasteiger partial charge on any atom is 0.334 e. The van der Waals surface area contributed by atoms with Crippen LogP contribution >= 0.6 is 0 Å². The van der Waals surface area contributed by atoms with E-state index in [1.165, 1.54) is 5.57 Å². The minimum Gasteiger partial charge on any atom is -0.450 e. The first-order chi connectivity index (χ1) is 11.3. The summed E-state index contributed by atoms with van der Waals surface area (Å²) in [6.07, 6.45) is 7.16. The third-order valence-electron chi connectivity index (χ3n) is 5.92. The normalized spacial score (nSPS) is 43.1. The topological polar surface area (TPSA) is 55.9 Å². The predicted molar refractivity (Wildman–Crippen MR) is 91.4 cm³/mol. The zero-order valence-electron chi connectivity index (χ0n) is 15.0. The molecule has 0 radical (unpaired) electrons. The largest absolute Gasteiger partial charge is 0.450 e. The smallest absolute Gasteiger partial charge is 0.334 e. The van der Waals surface area contributed by atoms with E-state index in [1.807, 2.05) is 6.92 Å². The molecular formula is C20H28O4. The van der Waals surface area contributed by atoms with Gasteiger partial charge in [0.2, 0.25) is 0 Å². The van der Waals surface area contributed by atoms with E-state index in [4.69, 9.17) is 9.47 Å². The number of allylic oxidation sites excluding steroid dienone is 2. The Morgan fingerprint density at radius 3 is 2.83 bits per heavy atom. The second-order valence-corrected chi connectivity index (χ2v) is 7.90. The van der Waals surface area contributed by atoms with Gasteiger partial charge in [-0.3, -0.25) is 4.79 Å². The van der Waals surface area contributed by atoms with Crippen molar-refractivity contribution in [3.63, 3.8) is 0 Å². The van der Waals surface area contributed by atoms with Gasteiger partial charge in [-0.2, -0.15) is 0 Å². The molecule has 3 aliphatic rings. The van der Waals surface area contributed by atoms with Crippen molar-refractivity contribution in [1.82, 2.24) is 0 Å². The van der Waals surface area contributed by atoms with Crippen LogP contribution in [0, 0.1) is 11.8 Å². The molecule has 24 heavy (non-hydrogen) atoms. The zero-order chi connectivity index (χ0) is 17.5. The molecule has 0 bridgehead atoms. The lowest BCUT2D eigenvalue weighted by Gasteiger charge is -2.20. The lowest BCUT2D eigenvalue weighted by atomic mass is 9.82. The number of epoxide rings is 1. The number of ether oxygens (including phenoxy) is 2. The predicted octanol–water partition coefficient (Wildman–Crippen LogP) is 3.75.